The summed E-state index contributed by atoms with van der Waals surface area (Å²) < 4.78 is 11.6. The van der Waals surface area contributed by atoms with E-state index in [9.17, 15) is 4.79 Å². The number of halogens is 1. The van der Waals surface area contributed by atoms with E-state index in [-0.39, 0.29) is 12.6 Å². The van der Waals surface area contributed by atoms with Crippen LogP contribution in [0.4, 0.5) is 0 Å². The number of ether oxygens (including phenoxy) is 2. The average molecular weight is 377 g/mol. The summed E-state index contributed by atoms with van der Waals surface area (Å²) in [6.45, 7) is 7.24. The molecule has 0 saturated heterocycles. The van der Waals surface area contributed by atoms with Crippen LogP contribution >= 0.6 is 22.6 Å². The van der Waals surface area contributed by atoms with Gasteiger partial charge in [-0.15, -0.1) is 0 Å². The molecule has 0 aliphatic rings. The number of carbonyl (C=O) groups excluding carboxylic acids is 1. The number of likely N-dealkylation sites (N-methyl/N-ethyl adjacent to an activating group) is 1. The van der Waals surface area contributed by atoms with Gasteiger partial charge in [0, 0.05) is 10.1 Å². The van der Waals surface area contributed by atoms with Crippen LogP contribution in [0.15, 0.2) is 24.3 Å². The summed E-state index contributed by atoms with van der Waals surface area (Å²) in [5, 5.41) is 0. The molecule has 106 valence electrons. The Morgan fingerprint density at radius 1 is 1.21 bits per heavy atom. The molecule has 0 aliphatic carbocycles. The van der Waals surface area contributed by atoms with Crippen molar-refractivity contribution in [2.75, 3.05) is 32.8 Å². The Kier molecular flexibility index (Phi) is 7.81. The van der Waals surface area contributed by atoms with Gasteiger partial charge >= 0.3 is 5.97 Å². The van der Waals surface area contributed by atoms with E-state index in [1.807, 2.05) is 24.3 Å². The van der Waals surface area contributed by atoms with Crippen LogP contribution in [0.25, 0.3) is 0 Å². The Bertz CT molecular complexity index is 377. The Balaban J connectivity index is 2.19. The van der Waals surface area contributed by atoms with Gasteiger partial charge in [-0.25, -0.2) is 4.79 Å². The second kappa shape index (κ2) is 9.14. The van der Waals surface area contributed by atoms with Crippen molar-refractivity contribution in [3.05, 3.63) is 27.8 Å². The minimum atomic E-state index is -0.328. The van der Waals surface area contributed by atoms with Crippen LogP contribution < -0.4 is 4.74 Å². The summed E-state index contributed by atoms with van der Waals surface area (Å²) in [7, 11) is 0. The predicted octanol–water partition coefficient (Wildman–Crippen LogP) is 2.56. The Morgan fingerprint density at radius 2 is 1.84 bits per heavy atom. The molecule has 19 heavy (non-hydrogen) atoms. The van der Waals surface area contributed by atoms with Crippen molar-refractivity contribution in [2.24, 2.45) is 0 Å². The first-order chi connectivity index (χ1) is 9.15. The average Bonchev–Trinajstić information content (AvgIpc) is 2.43. The molecule has 1 aromatic rings. The molecule has 0 spiro atoms. The molecule has 0 amide bonds. The summed E-state index contributed by atoms with van der Waals surface area (Å²) in [5.74, 6) is 0.354. The summed E-state index contributed by atoms with van der Waals surface area (Å²) >= 11 is 2.22. The number of carbonyl (C=O) groups is 1. The number of esters is 1. The van der Waals surface area contributed by atoms with E-state index in [4.69, 9.17) is 9.47 Å². The van der Waals surface area contributed by atoms with Gasteiger partial charge in [0.25, 0.3) is 0 Å². The highest BCUT2D eigenvalue weighted by atomic mass is 127. The molecule has 0 radical (unpaired) electrons. The van der Waals surface area contributed by atoms with Crippen molar-refractivity contribution in [2.45, 2.75) is 13.8 Å². The number of hydrogen-bond donors (Lipinski definition) is 0. The lowest BCUT2D eigenvalue weighted by Crippen LogP contribution is -2.28. The van der Waals surface area contributed by atoms with E-state index in [1.54, 1.807) is 0 Å². The SMILES string of the molecule is CCN(CC)CCOC(=O)COc1ccc(I)cc1. The molecule has 0 bridgehead atoms. The minimum Gasteiger partial charge on any atom is -0.482 e. The Labute approximate surface area is 128 Å². The lowest BCUT2D eigenvalue weighted by molar-refractivity contribution is -0.146. The fraction of sp³-hybridized carbons (Fsp3) is 0.500. The van der Waals surface area contributed by atoms with Crippen LogP contribution in [0.2, 0.25) is 0 Å². The molecule has 0 aromatic heterocycles. The van der Waals surface area contributed by atoms with Crippen molar-refractivity contribution in [1.29, 1.82) is 0 Å². The molecule has 1 rings (SSSR count). The zero-order chi connectivity index (χ0) is 14.1. The van der Waals surface area contributed by atoms with Gasteiger partial charge in [0.2, 0.25) is 0 Å². The van der Waals surface area contributed by atoms with Crippen LogP contribution in [-0.4, -0.2) is 43.7 Å². The summed E-state index contributed by atoms with van der Waals surface area (Å²) in [6, 6.07) is 7.54. The zero-order valence-electron chi connectivity index (χ0n) is 11.4. The topological polar surface area (TPSA) is 38.8 Å². The van der Waals surface area contributed by atoms with E-state index in [1.165, 1.54) is 0 Å². The van der Waals surface area contributed by atoms with Crippen molar-refractivity contribution in [1.82, 2.24) is 4.90 Å². The van der Waals surface area contributed by atoms with Crippen LogP contribution in [-0.2, 0) is 9.53 Å². The number of rotatable bonds is 8. The minimum absolute atomic E-state index is 0.0428. The van der Waals surface area contributed by atoms with Gasteiger partial charge in [-0.3, -0.25) is 0 Å². The molecule has 5 heteroatoms. The van der Waals surface area contributed by atoms with E-state index < -0.39 is 0 Å². The maximum atomic E-state index is 11.5. The molecule has 4 nitrogen and oxygen atoms in total. The number of hydrogen-bond acceptors (Lipinski definition) is 4. The van der Waals surface area contributed by atoms with Gasteiger partial charge in [0.05, 0.1) is 0 Å². The lowest BCUT2D eigenvalue weighted by atomic mass is 10.3. The van der Waals surface area contributed by atoms with E-state index >= 15 is 0 Å². The second-order valence-electron chi connectivity index (χ2n) is 3.99. The maximum absolute atomic E-state index is 11.5. The smallest absolute Gasteiger partial charge is 0.344 e. The molecular weight excluding hydrogens is 357 g/mol. The highest BCUT2D eigenvalue weighted by Crippen LogP contribution is 2.13. The molecule has 0 unspecified atom stereocenters. The predicted molar refractivity (Wildman–Crippen MR) is 83.4 cm³/mol. The monoisotopic (exact) mass is 377 g/mol. The highest BCUT2D eigenvalue weighted by molar-refractivity contribution is 14.1. The van der Waals surface area contributed by atoms with Crippen molar-refractivity contribution < 1.29 is 14.3 Å². The molecule has 0 aliphatic heterocycles. The molecule has 0 saturated carbocycles. The van der Waals surface area contributed by atoms with Crippen molar-refractivity contribution in [3.8, 4) is 5.75 Å². The third-order valence-electron chi connectivity index (χ3n) is 2.74. The van der Waals surface area contributed by atoms with E-state index in [0.717, 1.165) is 23.2 Å². The first-order valence-corrected chi connectivity index (χ1v) is 7.50. The van der Waals surface area contributed by atoms with Crippen LogP contribution in [0, 0.1) is 3.57 Å². The Morgan fingerprint density at radius 3 is 2.42 bits per heavy atom. The first kappa shape index (κ1) is 16.2. The third-order valence-corrected chi connectivity index (χ3v) is 3.45. The molecule has 0 N–H and O–H groups in total. The highest BCUT2D eigenvalue weighted by Gasteiger charge is 2.05. The summed E-state index contributed by atoms with van der Waals surface area (Å²) in [6.07, 6.45) is 0. The van der Waals surface area contributed by atoms with Gasteiger partial charge in [-0.05, 0) is 59.9 Å². The van der Waals surface area contributed by atoms with Gasteiger partial charge in [-0.2, -0.15) is 0 Å². The summed E-state index contributed by atoms with van der Waals surface area (Å²) in [4.78, 5) is 13.7. The molecule has 0 atom stereocenters. The largest absolute Gasteiger partial charge is 0.482 e. The lowest BCUT2D eigenvalue weighted by Gasteiger charge is -2.17. The van der Waals surface area contributed by atoms with Crippen LogP contribution in [0.1, 0.15) is 13.8 Å². The molecule has 0 fully saturated rings. The van der Waals surface area contributed by atoms with Gasteiger partial charge in [-0.1, -0.05) is 13.8 Å². The quantitative estimate of drug-likeness (QED) is 0.516. The van der Waals surface area contributed by atoms with Gasteiger partial charge in [0.15, 0.2) is 6.61 Å². The molecular formula is C14H20INO3. The van der Waals surface area contributed by atoms with E-state index in [0.29, 0.717) is 12.4 Å². The fourth-order valence-corrected chi connectivity index (χ4v) is 1.90. The standard InChI is InChI=1S/C14H20INO3/c1-3-16(4-2)9-10-18-14(17)11-19-13-7-5-12(15)6-8-13/h5-8H,3-4,9-11H2,1-2H3. The zero-order valence-corrected chi connectivity index (χ0v) is 13.6. The van der Waals surface area contributed by atoms with Crippen molar-refractivity contribution in [3.63, 3.8) is 0 Å². The maximum Gasteiger partial charge on any atom is 0.344 e. The second-order valence-corrected chi connectivity index (χ2v) is 5.24. The number of benzene rings is 1. The molecule has 1 aromatic carbocycles. The number of nitrogens with zero attached hydrogens (tertiary/aromatic N) is 1. The Hall–Kier alpha value is -0.820. The molecule has 0 heterocycles. The van der Waals surface area contributed by atoms with E-state index in [2.05, 4.69) is 41.3 Å². The fourth-order valence-electron chi connectivity index (χ4n) is 1.54. The van der Waals surface area contributed by atoms with Gasteiger partial charge in [0.1, 0.15) is 12.4 Å². The van der Waals surface area contributed by atoms with Crippen molar-refractivity contribution >= 4 is 28.6 Å². The van der Waals surface area contributed by atoms with Gasteiger partial charge < -0.3 is 14.4 Å². The first-order valence-electron chi connectivity index (χ1n) is 6.42. The van der Waals surface area contributed by atoms with Crippen LogP contribution in [0.5, 0.6) is 5.75 Å². The normalized spacial score (nSPS) is 10.5. The van der Waals surface area contributed by atoms with Crippen LogP contribution in [0.3, 0.4) is 0 Å². The third kappa shape index (κ3) is 6.77. The summed E-state index contributed by atoms with van der Waals surface area (Å²) in [5.41, 5.74) is 0.